The minimum absolute atomic E-state index is 0.151. The number of nitrogens with zero attached hydrogens (tertiary/aromatic N) is 2. The Morgan fingerprint density at radius 1 is 1.15 bits per heavy atom. The Labute approximate surface area is 153 Å². The van der Waals surface area contributed by atoms with E-state index in [1.54, 1.807) is 12.1 Å². The van der Waals surface area contributed by atoms with E-state index >= 15 is 0 Å². The fraction of sp³-hybridized carbons (Fsp3) is 0.263. The Balaban J connectivity index is 2.02. The second-order valence-electron chi connectivity index (χ2n) is 6.41. The van der Waals surface area contributed by atoms with Gasteiger partial charge in [0.2, 0.25) is 15.9 Å². The van der Waals surface area contributed by atoms with Gasteiger partial charge in [-0.25, -0.2) is 13.4 Å². The van der Waals surface area contributed by atoms with Crippen LogP contribution in [0.3, 0.4) is 0 Å². The summed E-state index contributed by atoms with van der Waals surface area (Å²) in [5.41, 5.74) is 3.95. The summed E-state index contributed by atoms with van der Waals surface area (Å²) in [6, 6.07) is 14.8. The average molecular weight is 371 g/mol. The van der Waals surface area contributed by atoms with Crippen LogP contribution >= 0.6 is 0 Å². The fourth-order valence-corrected chi connectivity index (χ4v) is 3.77. The number of hydrogen-bond donors (Lipinski definition) is 1. The van der Waals surface area contributed by atoms with E-state index in [0.29, 0.717) is 23.4 Å². The second kappa shape index (κ2) is 6.92. The third-order valence-electron chi connectivity index (χ3n) is 4.31. The van der Waals surface area contributed by atoms with Gasteiger partial charge in [-0.1, -0.05) is 42.5 Å². The van der Waals surface area contributed by atoms with Gasteiger partial charge in [0.25, 0.3) is 0 Å². The molecule has 1 N–H and O–H groups in total. The van der Waals surface area contributed by atoms with Crippen molar-refractivity contribution in [1.29, 1.82) is 0 Å². The van der Waals surface area contributed by atoms with Gasteiger partial charge in [-0.2, -0.15) is 5.10 Å². The predicted octanol–water partition coefficient (Wildman–Crippen LogP) is 3.06. The molecule has 1 heterocycles. The number of nitrogens with one attached hydrogen (secondary N) is 1. The standard InChI is InChI=1S/C19H21N3O3S/c1-13-8-4-5-9-15(13)19-12-18(20-22(19)14(2)23)16-10-6-7-11-17(16)21-26(3,24)25/h4-11,19,21H,12H2,1-3H3. The maximum absolute atomic E-state index is 12.1. The summed E-state index contributed by atoms with van der Waals surface area (Å²) in [6.07, 6.45) is 1.63. The van der Waals surface area contributed by atoms with Crippen molar-refractivity contribution < 1.29 is 13.2 Å². The van der Waals surface area contributed by atoms with Crippen molar-refractivity contribution in [1.82, 2.24) is 5.01 Å². The molecule has 0 fully saturated rings. The zero-order valence-corrected chi connectivity index (χ0v) is 15.7. The summed E-state index contributed by atoms with van der Waals surface area (Å²) in [5.74, 6) is -0.151. The van der Waals surface area contributed by atoms with E-state index in [1.165, 1.54) is 11.9 Å². The molecule has 1 unspecified atom stereocenters. The lowest BCUT2D eigenvalue weighted by atomic mass is 9.95. The van der Waals surface area contributed by atoms with Crippen molar-refractivity contribution in [2.45, 2.75) is 26.3 Å². The Morgan fingerprint density at radius 3 is 2.46 bits per heavy atom. The van der Waals surface area contributed by atoms with Gasteiger partial charge in [-0.3, -0.25) is 9.52 Å². The van der Waals surface area contributed by atoms with Crippen LogP contribution in [0.1, 0.15) is 36.1 Å². The minimum Gasteiger partial charge on any atom is -0.283 e. The number of hydrogen-bond acceptors (Lipinski definition) is 4. The van der Waals surface area contributed by atoms with Crippen LogP contribution in [-0.2, 0) is 14.8 Å². The van der Waals surface area contributed by atoms with Crippen LogP contribution in [0.25, 0.3) is 0 Å². The van der Waals surface area contributed by atoms with Crippen molar-refractivity contribution in [3.63, 3.8) is 0 Å². The lowest BCUT2D eigenvalue weighted by Crippen LogP contribution is -2.24. The maximum Gasteiger partial charge on any atom is 0.240 e. The molecule has 0 spiro atoms. The first-order valence-corrected chi connectivity index (χ1v) is 10.2. The molecule has 1 amide bonds. The van der Waals surface area contributed by atoms with Gasteiger partial charge in [-0.05, 0) is 24.1 Å². The predicted molar refractivity (Wildman–Crippen MR) is 103 cm³/mol. The number of hydrazone groups is 1. The van der Waals surface area contributed by atoms with Gasteiger partial charge < -0.3 is 0 Å². The second-order valence-corrected chi connectivity index (χ2v) is 8.16. The van der Waals surface area contributed by atoms with E-state index in [0.717, 1.165) is 17.4 Å². The van der Waals surface area contributed by atoms with Crippen LogP contribution in [0.4, 0.5) is 5.69 Å². The Kier molecular flexibility index (Phi) is 4.82. The molecule has 7 heteroatoms. The molecule has 6 nitrogen and oxygen atoms in total. The zero-order valence-electron chi connectivity index (χ0n) is 14.9. The molecular formula is C19H21N3O3S. The first-order valence-electron chi connectivity index (χ1n) is 8.26. The zero-order chi connectivity index (χ0) is 18.9. The van der Waals surface area contributed by atoms with Crippen LogP contribution in [0, 0.1) is 6.92 Å². The summed E-state index contributed by atoms with van der Waals surface area (Å²) in [4.78, 5) is 12.1. The molecule has 0 aromatic heterocycles. The third kappa shape index (κ3) is 3.77. The highest BCUT2D eigenvalue weighted by molar-refractivity contribution is 7.92. The Morgan fingerprint density at radius 2 is 1.81 bits per heavy atom. The fourth-order valence-electron chi connectivity index (χ4n) is 3.19. The van der Waals surface area contributed by atoms with Crippen LogP contribution in [-0.4, -0.2) is 31.3 Å². The molecule has 1 aliphatic heterocycles. The normalized spacial score (nSPS) is 17.1. The van der Waals surface area contributed by atoms with Crippen molar-refractivity contribution in [3.8, 4) is 0 Å². The Hall–Kier alpha value is -2.67. The van der Waals surface area contributed by atoms with Crippen molar-refractivity contribution in [2.24, 2.45) is 5.10 Å². The highest BCUT2D eigenvalue weighted by Crippen LogP contribution is 2.35. The number of rotatable bonds is 4. The van der Waals surface area contributed by atoms with Crippen LogP contribution in [0.5, 0.6) is 0 Å². The lowest BCUT2D eigenvalue weighted by molar-refractivity contribution is -0.130. The SMILES string of the molecule is CC(=O)N1N=C(c2ccccc2NS(C)(=O)=O)CC1c1ccccc1C. The highest BCUT2D eigenvalue weighted by Gasteiger charge is 2.33. The van der Waals surface area contributed by atoms with E-state index in [4.69, 9.17) is 0 Å². The molecule has 26 heavy (non-hydrogen) atoms. The topological polar surface area (TPSA) is 78.8 Å². The maximum atomic E-state index is 12.1. The number of benzene rings is 2. The van der Waals surface area contributed by atoms with Crippen LogP contribution < -0.4 is 4.72 Å². The van der Waals surface area contributed by atoms with Gasteiger partial charge in [0.05, 0.1) is 23.7 Å². The van der Waals surface area contributed by atoms with Gasteiger partial charge in [-0.15, -0.1) is 0 Å². The molecule has 1 atom stereocenters. The number of sulfonamides is 1. The molecule has 2 aromatic rings. The number of aryl methyl sites for hydroxylation is 1. The molecule has 0 aliphatic carbocycles. The molecule has 0 bridgehead atoms. The lowest BCUT2D eigenvalue weighted by Gasteiger charge is -2.22. The molecule has 1 aliphatic rings. The summed E-state index contributed by atoms with van der Waals surface area (Å²) in [7, 11) is -3.42. The van der Waals surface area contributed by atoms with Crippen LogP contribution in [0.15, 0.2) is 53.6 Å². The van der Waals surface area contributed by atoms with Crippen molar-refractivity contribution >= 4 is 27.3 Å². The number of carbonyl (C=O) groups excluding carboxylic acids is 1. The van der Waals surface area contributed by atoms with E-state index in [1.807, 2.05) is 43.3 Å². The molecule has 0 radical (unpaired) electrons. The van der Waals surface area contributed by atoms with Gasteiger partial charge in [0, 0.05) is 18.9 Å². The number of anilines is 1. The minimum atomic E-state index is -3.42. The van der Waals surface area contributed by atoms with Crippen molar-refractivity contribution in [2.75, 3.05) is 11.0 Å². The Bertz CT molecular complexity index is 983. The van der Waals surface area contributed by atoms with Crippen molar-refractivity contribution in [3.05, 3.63) is 65.2 Å². The summed E-state index contributed by atoms with van der Waals surface area (Å²) in [5, 5.41) is 5.99. The number of carbonyl (C=O) groups is 1. The first-order chi connectivity index (χ1) is 12.3. The summed E-state index contributed by atoms with van der Waals surface area (Å²) >= 11 is 0. The van der Waals surface area contributed by atoms with Gasteiger partial charge in [0.1, 0.15) is 0 Å². The molecule has 136 valence electrons. The van der Waals surface area contributed by atoms with E-state index in [9.17, 15) is 13.2 Å². The monoisotopic (exact) mass is 371 g/mol. The van der Waals surface area contributed by atoms with Gasteiger partial charge in [0.15, 0.2) is 0 Å². The third-order valence-corrected chi connectivity index (χ3v) is 4.90. The molecule has 0 saturated carbocycles. The smallest absolute Gasteiger partial charge is 0.240 e. The van der Waals surface area contributed by atoms with Crippen LogP contribution in [0.2, 0.25) is 0 Å². The average Bonchev–Trinajstić information content (AvgIpc) is 2.99. The quantitative estimate of drug-likeness (QED) is 0.897. The van der Waals surface area contributed by atoms with E-state index in [-0.39, 0.29) is 11.9 Å². The largest absolute Gasteiger partial charge is 0.283 e. The highest BCUT2D eigenvalue weighted by atomic mass is 32.2. The summed E-state index contributed by atoms with van der Waals surface area (Å²) < 4.78 is 25.8. The van der Waals surface area contributed by atoms with Gasteiger partial charge >= 0.3 is 0 Å². The number of amides is 1. The first kappa shape index (κ1) is 18.1. The van der Waals surface area contributed by atoms with E-state index < -0.39 is 10.0 Å². The summed E-state index contributed by atoms with van der Waals surface area (Å²) in [6.45, 7) is 3.49. The molecule has 0 saturated heterocycles. The molecule has 3 rings (SSSR count). The van der Waals surface area contributed by atoms with E-state index in [2.05, 4.69) is 9.82 Å². The number of para-hydroxylation sites is 1. The molecule has 2 aromatic carbocycles. The molecular weight excluding hydrogens is 350 g/mol.